The quantitative estimate of drug-likeness (QED) is 0.334. The van der Waals surface area contributed by atoms with E-state index in [9.17, 15) is 9.90 Å². The van der Waals surface area contributed by atoms with E-state index in [1.165, 1.54) is 11.1 Å². The van der Waals surface area contributed by atoms with E-state index in [1.807, 2.05) is 24.3 Å². The van der Waals surface area contributed by atoms with Gasteiger partial charge in [-0.1, -0.05) is 29.8 Å². The molecule has 0 amide bonds. The fourth-order valence-electron chi connectivity index (χ4n) is 7.29. The van der Waals surface area contributed by atoms with E-state index in [0.29, 0.717) is 49.7 Å². The molecule has 2 aromatic carbocycles. The average Bonchev–Trinajstić information content (AvgIpc) is 3.11. The number of fused-ring (bicyclic) bond motifs is 3. The van der Waals surface area contributed by atoms with Crippen molar-refractivity contribution < 1.29 is 28.8 Å². The Bertz CT molecular complexity index is 1770. The summed E-state index contributed by atoms with van der Waals surface area (Å²) in [7, 11) is 0. The lowest BCUT2D eigenvalue weighted by Gasteiger charge is -2.38. The number of aromatic nitrogens is 2. The van der Waals surface area contributed by atoms with Crippen LogP contribution in [0, 0.1) is 11.8 Å². The largest absolute Gasteiger partial charge is 0.478 e. The molecule has 11 heteroatoms. The molecule has 3 fully saturated rings. The van der Waals surface area contributed by atoms with Gasteiger partial charge < -0.3 is 28.6 Å². The SMILES string of the molecule is O=C(O)c1ccc2nc(CN3CCC4C5=C(CC=CC(OCc6ccc(C7COC7)cc6Cl)=N5)COCC4C3)n(CC3CCO3)c2c1. The Hall–Kier alpha value is -3.54. The molecule has 0 aliphatic carbocycles. The molecule has 246 valence electrons. The van der Waals surface area contributed by atoms with Crippen LogP contribution in [0.3, 0.4) is 0 Å². The van der Waals surface area contributed by atoms with E-state index in [0.717, 1.165) is 80.3 Å². The Morgan fingerprint density at radius 1 is 1.11 bits per heavy atom. The second-order valence-electron chi connectivity index (χ2n) is 13.3. The molecule has 5 aliphatic heterocycles. The Morgan fingerprint density at radius 3 is 2.77 bits per heavy atom. The molecule has 1 aromatic heterocycles. The van der Waals surface area contributed by atoms with Crippen LogP contribution in [0.4, 0.5) is 0 Å². The van der Waals surface area contributed by atoms with Crippen LogP contribution in [0.1, 0.15) is 52.5 Å². The summed E-state index contributed by atoms with van der Waals surface area (Å²) in [6.45, 7) is 6.97. The zero-order valence-electron chi connectivity index (χ0n) is 26.3. The summed E-state index contributed by atoms with van der Waals surface area (Å²) in [5.41, 5.74) is 6.40. The van der Waals surface area contributed by atoms with Crippen molar-refractivity contribution in [3.63, 3.8) is 0 Å². The summed E-state index contributed by atoms with van der Waals surface area (Å²) < 4.78 is 25.8. The molecule has 3 saturated heterocycles. The lowest BCUT2D eigenvalue weighted by atomic mass is 9.82. The topological polar surface area (TPSA) is 108 Å². The molecule has 0 spiro atoms. The zero-order chi connectivity index (χ0) is 31.9. The normalized spacial score (nSPS) is 24.9. The minimum absolute atomic E-state index is 0.127. The number of benzene rings is 2. The molecule has 3 aromatic rings. The second-order valence-corrected chi connectivity index (χ2v) is 13.7. The molecule has 3 atom stereocenters. The Morgan fingerprint density at radius 2 is 2.00 bits per heavy atom. The predicted octanol–water partition coefficient (Wildman–Crippen LogP) is 5.59. The fourth-order valence-corrected chi connectivity index (χ4v) is 7.53. The molecular weight excluding hydrogens is 620 g/mol. The van der Waals surface area contributed by atoms with Crippen LogP contribution < -0.4 is 0 Å². The van der Waals surface area contributed by atoms with Crippen molar-refractivity contribution in [1.82, 2.24) is 14.5 Å². The number of carboxylic acid groups (broad SMARTS) is 1. The third kappa shape index (κ3) is 6.37. The van der Waals surface area contributed by atoms with Gasteiger partial charge in [-0.3, -0.25) is 4.90 Å². The van der Waals surface area contributed by atoms with Gasteiger partial charge >= 0.3 is 5.97 Å². The zero-order valence-corrected chi connectivity index (χ0v) is 27.0. The average molecular weight is 659 g/mol. The lowest BCUT2D eigenvalue weighted by Crippen LogP contribution is -2.42. The van der Waals surface area contributed by atoms with Crippen LogP contribution in [-0.2, 0) is 38.6 Å². The van der Waals surface area contributed by atoms with Crippen LogP contribution in [0.15, 0.2) is 64.8 Å². The highest BCUT2D eigenvalue weighted by molar-refractivity contribution is 6.31. The molecule has 0 bridgehead atoms. The Kier molecular flexibility index (Phi) is 8.62. The van der Waals surface area contributed by atoms with Crippen molar-refractivity contribution >= 4 is 34.5 Å². The third-order valence-corrected chi connectivity index (χ3v) is 10.5. The molecule has 6 heterocycles. The monoisotopic (exact) mass is 658 g/mol. The number of likely N-dealkylation sites (tertiary alicyclic amines) is 1. The van der Waals surface area contributed by atoms with E-state index in [4.69, 9.17) is 40.5 Å². The minimum atomic E-state index is -0.937. The maximum absolute atomic E-state index is 11.7. The van der Waals surface area contributed by atoms with Gasteiger partial charge in [0.15, 0.2) is 0 Å². The molecule has 8 rings (SSSR count). The number of carbonyl (C=O) groups is 1. The Labute approximate surface area is 278 Å². The predicted molar refractivity (Wildman–Crippen MR) is 177 cm³/mol. The number of ether oxygens (including phenoxy) is 4. The number of aliphatic imine (C=N–C) groups is 1. The number of nitrogens with zero attached hydrogens (tertiary/aromatic N) is 4. The first-order valence-electron chi connectivity index (χ1n) is 16.6. The van der Waals surface area contributed by atoms with Gasteiger partial charge in [-0.15, -0.1) is 0 Å². The summed E-state index contributed by atoms with van der Waals surface area (Å²) in [5, 5.41) is 10.3. The molecular formula is C36H39ClN4O6. The van der Waals surface area contributed by atoms with Crippen molar-refractivity contribution in [1.29, 1.82) is 0 Å². The molecule has 0 saturated carbocycles. The molecule has 0 radical (unpaired) electrons. The van der Waals surface area contributed by atoms with Gasteiger partial charge in [-0.2, -0.15) is 0 Å². The smallest absolute Gasteiger partial charge is 0.335 e. The molecule has 3 unspecified atom stereocenters. The third-order valence-electron chi connectivity index (χ3n) is 10.2. The number of hydrogen-bond acceptors (Lipinski definition) is 8. The highest BCUT2D eigenvalue weighted by Crippen LogP contribution is 2.38. The van der Waals surface area contributed by atoms with Crippen LogP contribution in [0.25, 0.3) is 11.0 Å². The van der Waals surface area contributed by atoms with Crippen LogP contribution >= 0.6 is 11.6 Å². The van der Waals surface area contributed by atoms with Crippen LogP contribution in [0.2, 0.25) is 5.02 Å². The number of carboxylic acids is 1. The number of rotatable bonds is 8. The van der Waals surface area contributed by atoms with Crippen molar-refractivity contribution in [2.75, 3.05) is 46.1 Å². The minimum Gasteiger partial charge on any atom is -0.478 e. The van der Waals surface area contributed by atoms with E-state index in [1.54, 1.807) is 12.1 Å². The van der Waals surface area contributed by atoms with Crippen LogP contribution in [0.5, 0.6) is 0 Å². The van der Waals surface area contributed by atoms with E-state index < -0.39 is 5.97 Å². The number of halogens is 1. The lowest BCUT2D eigenvalue weighted by molar-refractivity contribution is -0.0593. The van der Waals surface area contributed by atoms with Crippen molar-refractivity contribution in [2.45, 2.75) is 51.0 Å². The van der Waals surface area contributed by atoms with Crippen LogP contribution in [-0.4, -0.2) is 83.7 Å². The van der Waals surface area contributed by atoms with E-state index in [2.05, 4.69) is 21.6 Å². The second kappa shape index (κ2) is 13.2. The number of aromatic carboxylic acids is 1. The van der Waals surface area contributed by atoms with Gasteiger partial charge in [0.1, 0.15) is 12.4 Å². The highest BCUT2D eigenvalue weighted by Gasteiger charge is 2.36. The maximum atomic E-state index is 11.7. The summed E-state index contributed by atoms with van der Waals surface area (Å²) >= 11 is 6.64. The fraction of sp³-hybridized carbons (Fsp3) is 0.472. The molecule has 5 aliphatic rings. The molecule has 47 heavy (non-hydrogen) atoms. The number of piperidine rings is 1. The number of allylic oxidation sites excluding steroid dienone is 2. The van der Waals surface area contributed by atoms with E-state index in [-0.39, 0.29) is 23.5 Å². The number of imidazole rings is 1. The number of hydrogen-bond donors (Lipinski definition) is 1. The summed E-state index contributed by atoms with van der Waals surface area (Å²) in [6, 6.07) is 11.4. The van der Waals surface area contributed by atoms with Gasteiger partial charge in [0, 0.05) is 47.2 Å². The summed E-state index contributed by atoms with van der Waals surface area (Å²) in [4.78, 5) is 24.3. The van der Waals surface area contributed by atoms with Gasteiger partial charge in [0.25, 0.3) is 0 Å². The molecule has 10 nitrogen and oxygen atoms in total. The summed E-state index contributed by atoms with van der Waals surface area (Å²) in [6.07, 6.45) is 6.96. The molecule has 1 N–H and O–H groups in total. The van der Waals surface area contributed by atoms with Crippen molar-refractivity contribution in [3.05, 3.63) is 87.4 Å². The highest BCUT2D eigenvalue weighted by atomic mass is 35.5. The van der Waals surface area contributed by atoms with Gasteiger partial charge in [-0.05, 0) is 67.3 Å². The van der Waals surface area contributed by atoms with E-state index >= 15 is 0 Å². The first-order chi connectivity index (χ1) is 23.0. The van der Waals surface area contributed by atoms with Gasteiger partial charge in [-0.25, -0.2) is 14.8 Å². The van der Waals surface area contributed by atoms with Crippen molar-refractivity contribution in [3.8, 4) is 0 Å². The summed E-state index contributed by atoms with van der Waals surface area (Å²) in [5.74, 6) is 1.59. The first kappa shape index (κ1) is 30.8. The maximum Gasteiger partial charge on any atom is 0.335 e. The van der Waals surface area contributed by atoms with Gasteiger partial charge in [0.05, 0.1) is 62.2 Å². The van der Waals surface area contributed by atoms with Gasteiger partial charge in [0.2, 0.25) is 5.90 Å². The first-order valence-corrected chi connectivity index (χ1v) is 17.0. The van der Waals surface area contributed by atoms with Crippen molar-refractivity contribution in [2.24, 2.45) is 16.8 Å². The Balaban J connectivity index is 0.977. The standard InChI is InChI=1S/C36H39ClN4O6/c37-30-12-22(27-19-45-20-27)4-5-24(30)21-47-34-3-1-2-25-17-44-18-26-14-40(10-8-29(26)35(25)39-34)16-33-38-31-7-6-23(36(42)43)13-32(31)41(33)15-28-9-11-46-28/h1,3-7,12-13,26-29H,2,8-11,14-21H2,(H,42,43).